The number of para-hydroxylation sites is 2. The first-order valence-electron chi connectivity index (χ1n) is 14.7. The highest BCUT2D eigenvalue weighted by Crippen LogP contribution is 2.44. The molecule has 5 heteroatoms. The quantitative estimate of drug-likeness (QED) is 0.224. The molecule has 0 spiro atoms. The molecule has 0 saturated heterocycles. The summed E-state index contributed by atoms with van der Waals surface area (Å²) in [5.41, 5.74) is 6.89. The van der Waals surface area contributed by atoms with E-state index in [1.807, 2.05) is 47.7 Å². The first-order valence-corrected chi connectivity index (χ1v) is 15.5. The third-order valence-corrected chi connectivity index (χ3v) is 9.50. The summed E-state index contributed by atoms with van der Waals surface area (Å²) in [7, 11) is 0. The second-order valence-electron chi connectivity index (χ2n) is 11.0. The molecule has 3 heterocycles. The van der Waals surface area contributed by atoms with Gasteiger partial charge in [0, 0.05) is 42.1 Å². The van der Waals surface area contributed by atoms with Gasteiger partial charge in [0.05, 0.1) is 5.56 Å². The highest BCUT2D eigenvalue weighted by atomic mass is 32.1. The lowest BCUT2D eigenvalue weighted by molar-refractivity contribution is 0.664. The Balaban J connectivity index is 1.27. The number of hydrogen-bond acceptors (Lipinski definition) is 5. The van der Waals surface area contributed by atoms with Gasteiger partial charge < -0.3 is 9.73 Å². The third kappa shape index (κ3) is 3.98. The number of nitrogens with one attached hydrogen (secondary N) is 1. The van der Waals surface area contributed by atoms with Crippen molar-refractivity contribution in [1.82, 2.24) is 5.32 Å². The first-order chi connectivity index (χ1) is 21.8. The van der Waals surface area contributed by atoms with E-state index in [1.54, 1.807) is 0 Å². The maximum absolute atomic E-state index is 6.87. The SMILES string of the molecule is c1ccc(C2=NC(c3cccc4c3oc3c(-c5cccc6sc7ccccc7c56)cccc34)=NC(c3ccccc3)N2)cc1. The van der Waals surface area contributed by atoms with Crippen molar-refractivity contribution in [1.29, 1.82) is 0 Å². The molecule has 2 aromatic heterocycles. The van der Waals surface area contributed by atoms with E-state index in [0.717, 1.165) is 50.0 Å². The van der Waals surface area contributed by atoms with Gasteiger partial charge in [0.25, 0.3) is 0 Å². The fourth-order valence-electron chi connectivity index (χ4n) is 6.33. The van der Waals surface area contributed by atoms with Crippen molar-refractivity contribution < 1.29 is 4.42 Å². The molecule has 0 bridgehead atoms. The van der Waals surface area contributed by atoms with Crippen LogP contribution in [0.2, 0.25) is 0 Å². The van der Waals surface area contributed by atoms with Crippen LogP contribution >= 0.6 is 11.3 Å². The van der Waals surface area contributed by atoms with Crippen LogP contribution in [0.5, 0.6) is 0 Å². The van der Waals surface area contributed by atoms with Gasteiger partial charge in [-0.25, -0.2) is 9.98 Å². The molecule has 0 amide bonds. The van der Waals surface area contributed by atoms with E-state index >= 15 is 0 Å². The number of thiophene rings is 1. The number of aliphatic imine (C=N–C) groups is 2. The van der Waals surface area contributed by atoms with Crippen LogP contribution in [-0.4, -0.2) is 11.7 Å². The standard InChI is InChI=1S/C39H25N3OS/c1-3-12-24(13-4-1)37-40-38(25-14-5-2-6-15-25)42-39(41-37)31-21-10-20-29-28-19-9-18-27(35(28)43-36(29)31)26-17-11-23-33-34(26)30-16-7-8-22-32(30)44-33/h1-23,37H,(H,40,41,42). The van der Waals surface area contributed by atoms with Gasteiger partial charge in [-0.05, 0) is 29.3 Å². The Morgan fingerprint density at radius 2 is 1.16 bits per heavy atom. The summed E-state index contributed by atoms with van der Waals surface area (Å²) in [6, 6.07) is 48.4. The van der Waals surface area contributed by atoms with Crippen LogP contribution < -0.4 is 5.32 Å². The molecule has 9 rings (SSSR count). The molecular weight excluding hydrogens is 559 g/mol. The summed E-state index contributed by atoms with van der Waals surface area (Å²) in [4.78, 5) is 10.2. The molecule has 1 unspecified atom stereocenters. The van der Waals surface area contributed by atoms with E-state index < -0.39 is 0 Å². The van der Waals surface area contributed by atoms with E-state index in [0.29, 0.717) is 5.84 Å². The number of hydrogen-bond donors (Lipinski definition) is 1. The molecule has 6 aromatic carbocycles. The Hall–Kier alpha value is -5.52. The smallest absolute Gasteiger partial charge is 0.163 e. The summed E-state index contributed by atoms with van der Waals surface area (Å²) in [5, 5.41) is 8.23. The van der Waals surface area contributed by atoms with Crippen LogP contribution in [-0.2, 0) is 0 Å². The van der Waals surface area contributed by atoms with Gasteiger partial charge >= 0.3 is 0 Å². The summed E-state index contributed by atoms with van der Waals surface area (Å²) >= 11 is 1.83. The van der Waals surface area contributed by atoms with E-state index in [2.05, 4.69) is 108 Å². The summed E-state index contributed by atoms with van der Waals surface area (Å²) in [6.45, 7) is 0. The van der Waals surface area contributed by atoms with E-state index in [-0.39, 0.29) is 6.17 Å². The van der Waals surface area contributed by atoms with Crippen molar-refractivity contribution in [3.05, 3.63) is 156 Å². The van der Waals surface area contributed by atoms with Crippen molar-refractivity contribution in [3.63, 3.8) is 0 Å². The van der Waals surface area contributed by atoms with Gasteiger partial charge in [-0.3, -0.25) is 0 Å². The van der Waals surface area contributed by atoms with Gasteiger partial charge in [-0.1, -0.05) is 121 Å². The molecule has 1 N–H and O–H groups in total. The van der Waals surface area contributed by atoms with Crippen molar-refractivity contribution in [2.24, 2.45) is 9.98 Å². The molecule has 0 aliphatic carbocycles. The minimum atomic E-state index is -0.279. The zero-order valence-corrected chi connectivity index (χ0v) is 24.4. The van der Waals surface area contributed by atoms with Crippen LogP contribution in [0.3, 0.4) is 0 Å². The monoisotopic (exact) mass is 583 g/mol. The molecule has 0 radical (unpaired) electrons. The van der Waals surface area contributed by atoms with Crippen LogP contribution in [0.15, 0.2) is 154 Å². The van der Waals surface area contributed by atoms with Crippen LogP contribution in [0, 0.1) is 0 Å². The Labute approximate surface area is 257 Å². The van der Waals surface area contributed by atoms with Crippen molar-refractivity contribution >= 4 is 65.1 Å². The number of furan rings is 1. The van der Waals surface area contributed by atoms with E-state index in [9.17, 15) is 0 Å². The highest BCUT2D eigenvalue weighted by Gasteiger charge is 2.24. The minimum Gasteiger partial charge on any atom is -0.455 e. The molecule has 0 saturated carbocycles. The second-order valence-corrected chi connectivity index (χ2v) is 12.1. The zero-order chi connectivity index (χ0) is 29.0. The lowest BCUT2D eigenvalue weighted by Gasteiger charge is -2.23. The van der Waals surface area contributed by atoms with Crippen LogP contribution in [0.4, 0.5) is 0 Å². The zero-order valence-electron chi connectivity index (χ0n) is 23.6. The van der Waals surface area contributed by atoms with E-state index in [4.69, 9.17) is 14.4 Å². The molecule has 208 valence electrons. The average Bonchev–Trinajstić information content (AvgIpc) is 3.68. The third-order valence-electron chi connectivity index (χ3n) is 8.36. The lowest BCUT2D eigenvalue weighted by atomic mass is 9.97. The first kappa shape index (κ1) is 25.0. The van der Waals surface area contributed by atoms with Crippen molar-refractivity contribution in [2.45, 2.75) is 6.17 Å². The molecule has 8 aromatic rings. The molecule has 4 nitrogen and oxygen atoms in total. The number of benzene rings is 6. The number of rotatable bonds is 4. The maximum Gasteiger partial charge on any atom is 0.163 e. The van der Waals surface area contributed by atoms with Crippen LogP contribution in [0.1, 0.15) is 22.9 Å². The fraction of sp³-hybridized carbons (Fsp3) is 0.0256. The normalized spacial score (nSPS) is 15.0. The highest BCUT2D eigenvalue weighted by molar-refractivity contribution is 7.25. The molecular formula is C39H25N3OS. The van der Waals surface area contributed by atoms with Crippen molar-refractivity contribution in [2.75, 3.05) is 0 Å². The number of fused-ring (bicyclic) bond motifs is 6. The number of nitrogens with zero attached hydrogens (tertiary/aromatic N) is 2. The molecule has 1 atom stereocenters. The topological polar surface area (TPSA) is 49.9 Å². The maximum atomic E-state index is 6.87. The van der Waals surface area contributed by atoms with Gasteiger partial charge in [-0.15, -0.1) is 11.3 Å². The Morgan fingerprint density at radius 3 is 1.98 bits per heavy atom. The Bertz CT molecular complexity index is 2420. The largest absolute Gasteiger partial charge is 0.455 e. The second kappa shape index (κ2) is 10.0. The van der Waals surface area contributed by atoms with E-state index in [1.165, 1.54) is 25.7 Å². The summed E-state index contributed by atoms with van der Waals surface area (Å²) in [6.07, 6.45) is -0.279. The fourth-order valence-corrected chi connectivity index (χ4v) is 7.46. The predicted molar refractivity (Wildman–Crippen MR) is 184 cm³/mol. The summed E-state index contributed by atoms with van der Waals surface area (Å²) < 4.78 is 9.44. The number of amidine groups is 2. The van der Waals surface area contributed by atoms with Crippen molar-refractivity contribution in [3.8, 4) is 11.1 Å². The van der Waals surface area contributed by atoms with Crippen LogP contribution in [0.25, 0.3) is 53.2 Å². The molecule has 1 aliphatic heterocycles. The summed E-state index contributed by atoms with van der Waals surface area (Å²) in [5.74, 6) is 1.43. The molecule has 1 aliphatic rings. The van der Waals surface area contributed by atoms with Gasteiger partial charge in [-0.2, -0.15) is 0 Å². The lowest BCUT2D eigenvalue weighted by Crippen LogP contribution is -2.33. The van der Waals surface area contributed by atoms with Gasteiger partial charge in [0.15, 0.2) is 5.84 Å². The minimum absolute atomic E-state index is 0.279. The molecule has 44 heavy (non-hydrogen) atoms. The molecule has 0 fully saturated rings. The Kier molecular flexibility index (Phi) is 5.71. The average molecular weight is 584 g/mol. The predicted octanol–water partition coefficient (Wildman–Crippen LogP) is 10.1. The van der Waals surface area contributed by atoms with Gasteiger partial charge in [0.2, 0.25) is 0 Å². The van der Waals surface area contributed by atoms with Gasteiger partial charge in [0.1, 0.15) is 23.2 Å². The Morgan fingerprint density at radius 1 is 0.545 bits per heavy atom.